The van der Waals surface area contributed by atoms with Crippen molar-refractivity contribution < 1.29 is 19.6 Å². The molecule has 0 spiro atoms. The van der Waals surface area contributed by atoms with E-state index in [0.717, 1.165) is 0 Å². The monoisotopic (exact) mass is 272 g/mol. The van der Waals surface area contributed by atoms with Gasteiger partial charge in [-0.1, -0.05) is 17.7 Å². The Kier molecular flexibility index (Phi) is 4.61. The molecule has 0 aromatic heterocycles. The maximum atomic E-state index is 11.6. The quantitative estimate of drug-likeness (QED) is 0.623. The number of benzene rings is 1. The van der Waals surface area contributed by atoms with Gasteiger partial charge < -0.3 is 10.4 Å². The fourth-order valence-corrected chi connectivity index (χ4v) is 1.50. The lowest BCUT2D eigenvalue weighted by Gasteiger charge is -2.05. The molecule has 0 saturated heterocycles. The Morgan fingerprint density at radius 3 is 2.67 bits per heavy atom. The fraction of sp³-hybridized carbons (Fsp3) is 0.200. The van der Waals surface area contributed by atoms with E-state index in [-0.39, 0.29) is 29.2 Å². The second-order valence-corrected chi connectivity index (χ2v) is 3.67. The maximum Gasteiger partial charge on any atom is 0.305 e. The van der Waals surface area contributed by atoms with Crippen LogP contribution in [0.15, 0.2) is 18.2 Å². The van der Waals surface area contributed by atoms with Crippen molar-refractivity contribution in [3.63, 3.8) is 0 Å². The van der Waals surface area contributed by atoms with E-state index >= 15 is 0 Å². The van der Waals surface area contributed by atoms with Crippen LogP contribution >= 0.6 is 11.6 Å². The van der Waals surface area contributed by atoms with Crippen LogP contribution in [-0.4, -0.2) is 28.5 Å². The Morgan fingerprint density at radius 1 is 1.44 bits per heavy atom. The van der Waals surface area contributed by atoms with E-state index in [9.17, 15) is 19.7 Å². The molecule has 0 aliphatic carbocycles. The van der Waals surface area contributed by atoms with E-state index in [0.29, 0.717) is 0 Å². The molecule has 0 aliphatic heterocycles. The van der Waals surface area contributed by atoms with E-state index in [1.54, 1.807) is 0 Å². The number of carboxylic acids is 1. The van der Waals surface area contributed by atoms with E-state index in [1.807, 2.05) is 0 Å². The number of hydrogen-bond donors (Lipinski definition) is 2. The molecule has 0 atom stereocenters. The lowest BCUT2D eigenvalue weighted by molar-refractivity contribution is -0.384. The van der Waals surface area contributed by atoms with E-state index < -0.39 is 16.8 Å². The molecule has 0 heterocycles. The van der Waals surface area contributed by atoms with Gasteiger partial charge in [-0.05, 0) is 6.07 Å². The van der Waals surface area contributed by atoms with Crippen LogP contribution in [0, 0.1) is 10.1 Å². The molecule has 0 unspecified atom stereocenters. The molecule has 0 fully saturated rings. The molecule has 2 N–H and O–H groups in total. The zero-order chi connectivity index (χ0) is 13.7. The van der Waals surface area contributed by atoms with Crippen molar-refractivity contribution in [2.45, 2.75) is 6.42 Å². The van der Waals surface area contributed by atoms with Gasteiger partial charge in [0.2, 0.25) is 0 Å². The predicted octanol–water partition coefficient (Wildman–Crippen LogP) is 1.45. The first-order valence-corrected chi connectivity index (χ1v) is 5.24. The van der Waals surface area contributed by atoms with Crippen LogP contribution in [-0.2, 0) is 4.79 Å². The summed E-state index contributed by atoms with van der Waals surface area (Å²) >= 11 is 5.72. The van der Waals surface area contributed by atoms with Gasteiger partial charge in [-0.15, -0.1) is 0 Å². The first kappa shape index (κ1) is 13.9. The molecular weight excluding hydrogens is 264 g/mol. The van der Waals surface area contributed by atoms with Crippen LogP contribution in [0.3, 0.4) is 0 Å². The minimum absolute atomic E-state index is 0.0590. The van der Waals surface area contributed by atoms with Gasteiger partial charge in [-0.25, -0.2) is 0 Å². The molecule has 1 aromatic rings. The van der Waals surface area contributed by atoms with Crippen molar-refractivity contribution >= 4 is 29.2 Å². The van der Waals surface area contributed by atoms with Crippen molar-refractivity contribution in [1.29, 1.82) is 0 Å². The molecule has 0 aliphatic rings. The highest BCUT2D eigenvalue weighted by Crippen LogP contribution is 2.27. The van der Waals surface area contributed by atoms with Crippen LogP contribution in [0.1, 0.15) is 16.8 Å². The summed E-state index contributed by atoms with van der Waals surface area (Å²) < 4.78 is 0. The van der Waals surface area contributed by atoms with Gasteiger partial charge in [-0.2, -0.15) is 0 Å². The molecule has 0 saturated carbocycles. The first-order valence-electron chi connectivity index (χ1n) is 4.86. The van der Waals surface area contributed by atoms with Crippen molar-refractivity contribution in [2.75, 3.05) is 6.54 Å². The third-order valence-electron chi connectivity index (χ3n) is 2.04. The smallest absolute Gasteiger partial charge is 0.305 e. The number of hydrogen-bond acceptors (Lipinski definition) is 4. The number of nitrogens with one attached hydrogen (secondary N) is 1. The fourth-order valence-electron chi connectivity index (χ4n) is 1.21. The molecule has 1 aromatic carbocycles. The van der Waals surface area contributed by atoms with Crippen molar-refractivity contribution in [3.05, 3.63) is 38.9 Å². The van der Waals surface area contributed by atoms with Crippen LogP contribution in [0.4, 0.5) is 5.69 Å². The van der Waals surface area contributed by atoms with Crippen molar-refractivity contribution in [1.82, 2.24) is 5.32 Å². The van der Waals surface area contributed by atoms with Gasteiger partial charge in [0.1, 0.15) is 5.02 Å². The average molecular weight is 273 g/mol. The SMILES string of the molecule is O=C(O)CCNC(=O)c1cccc([N+](=O)[O-])c1Cl. The standard InChI is InChI=1S/C10H9ClN2O5/c11-9-6(2-1-3-7(9)13(17)18)10(16)12-5-4-8(14)15/h1-3H,4-5H2,(H,12,16)(H,14,15). The van der Waals surface area contributed by atoms with E-state index in [2.05, 4.69) is 5.32 Å². The van der Waals surface area contributed by atoms with Gasteiger partial charge in [0.25, 0.3) is 11.6 Å². The molecule has 96 valence electrons. The third-order valence-corrected chi connectivity index (χ3v) is 2.44. The lowest BCUT2D eigenvalue weighted by Crippen LogP contribution is -2.26. The number of nitro groups is 1. The summed E-state index contributed by atoms with van der Waals surface area (Å²) in [6.07, 6.45) is -0.238. The minimum atomic E-state index is -1.06. The molecule has 0 bridgehead atoms. The first-order chi connectivity index (χ1) is 8.43. The molecule has 7 nitrogen and oxygen atoms in total. The number of nitro benzene ring substituents is 1. The number of carbonyl (C=O) groups excluding carboxylic acids is 1. The summed E-state index contributed by atoms with van der Waals surface area (Å²) in [7, 11) is 0. The third kappa shape index (κ3) is 3.42. The van der Waals surface area contributed by atoms with E-state index in [1.165, 1.54) is 18.2 Å². The summed E-state index contributed by atoms with van der Waals surface area (Å²) in [4.78, 5) is 31.8. The van der Waals surface area contributed by atoms with Crippen molar-refractivity contribution in [2.24, 2.45) is 0 Å². The number of halogens is 1. The summed E-state index contributed by atoms with van der Waals surface area (Å²) in [5, 5.41) is 21.1. The van der Waals surface area contributed by atoms with Crippen molar-refractivity contribution in [3.8, 4) is 0 Å². The minimum Gasteiger partial charge on any atom is -0.481 e. The summed E-state index contributed by atoms with van der Waals surface area (Å²) in [5.41, 5.74) is -0.432. The highest BCUT2D eigenvalue weighted by atomic mass is 35.5. The zero-order valence-electron chi connectivity index (χ0n) is 9.05. The number of carbonyl (C=O) groups is 2. The number of aliphatic carboxylic acids is 1. The Bertz CT molecular complexity index is 503. The molecule has 1 amide bonds. The maximum absolute atomic E-state index is 11.6. The highest BCUT2D eigenvalue weighted by molar-refractivity contribution is 6.35. The zero-order valence-corrected chi connectivity index (χ0v) is 9.81. The molecule has 18 heavy (non-hydrogen) atoms. The van der Waals surface area contributed by atoms with Crippen LogP contribution < -0.4 is 5.32 Å². The normalized spacial score (nSPS) is 9.83. The number of rotatable bonds is 5. The Hall–Kier alpha value is -2.15. The van der Waals surface area contributed by atoms with E-state index in [4.69, 9.17) is 16.7 Å². The second kappa shape index (κ2) is 5.97. The molecular formula is C10H9ClN2O5. The summed E-state index contributed by atoms with van der Waals surface area (Å²) in [5.74, 6) is -1.70. The second-order valence-electron chi connectivity index (χ2n) is 3.30. The lowest BCUT2D eigenvalue weighted by atomic mass is 10.2. The van der Waals surface area contributed by atoms with Gasteiger partial charge in [0.15, 0.2) is 0 Å². The van der Waals surface area contributed by atoms with Crippen LogP contribution in [0.2, 0.25) is 5.02 Å². The molecule has 8 heteroatoms. The Morgan fingerprint density at radius 2 is 2.11 bits per heavy atom. The summed E-state index contributed by atoms with van der Waals surface area (Å²) in [6, 6.07) is 3.83. The predicted molar refractivity (Wildman–Crippen MR) is 62.7 cm³/mol. The number of nitrogens with zero attached hydrogens (tertiary/aromatic N) is 1. The topological polar surface area (TPSA) is 110 Å². The van der Waals surface area contributed by atoms with Crippen LogP contribution in [0.25, 0.3) is 0 Å². The van der Waals surface area contributed by atoms with Gasteiger partial charge >= 0.3 is 5.97 Å². The number of carboxylic acid groups (broad SMARTS) is 1. The molecule has 1 rings (SSSR count). The Labute approximate surface area is 107 Å². The van der Waals surface area contributed by atoms with Gasteiger partial charge in [0.05, 0.1) is 16.9 Å². The van der Waals surface area contributed by atoms with Gasteiger partial charge in [-0.3, -0.25) is 19.7 Å². The van der Waals surface area contributed by atoms with Gasteiger partial charge in [0, 0.05) is 12.6 Å². The summed E-state index contributed by atoms with van der Waals surface area (Å²) in [6.45, 7) is -0.0762. The molecule has 0 radical (unpaired) electrons. The highest BCUT2D eigenvalue weighted by Gasteiger charge is 2.19. The largest absolute Gasteiger partial charge is 0.481 e. The average Bonchev–Trinajstić information content (AvgIpc) is 2.28. The number of amides is 1. The Balaban J connectivity index is 2.83. The van der Waals surface area contributed by atoms with Crippen LogP contribution in [0.5, 0.6) is 0 Å².